The van der Waals surface area contributed by atoms with Crippen LogP contribution in [0.25, 0.3) is 0 Å². The summed E-state index contributed by atoms with van der Waals surface area (Å²) in [7, 11) is 1.62. The number of rotatable bonds is 4. The normalized spacial score (nSPS) is 22.4. The maximum Gasteiger partial charge on any atom is 0.237 e. The average molecular weight is 562 g/mol. The Morgan fingerprint density at radius 2 is 1.81 bits per heavy atom. The Balaban J connectivity index is 0.00000342. The van der Waals surface area contributed by atoms with Crippen molar-refractivity contribution >= 4 is 36.6 Å². The van der Waals surface area contributed by atoms with Crippen molar-refractivity contribution in [3.8, 4) is 11.5 Å². The third kappa shape index (κ3) is 11.7. The number of benzene rings is 1. The lowest BCUT2D eigenvalue weighted by atomic mass is 10.1. The Bertz CT molecular complexity index is 828. The monoisotopic (exact) mass is 560 g/mol. The predicted octanol–water partition coefficient (Wildman–Crippen LogP) is 3.35. The van der Waals surface area contributed by atoms with Crippen LogP contribution in [0, 0.1) is 5.92 Å². The van der Waals surface area contributed by atoms with Crippen molar-refractivity contribution in [2.75, 3.05) is 46.4 Å². The van der Waals surface area contributed by atoms with E-state index in [9.17, 15) is 9.59 Å². The van der Waals surface area contributed by atoms with E-state index in [1.54, 1.807) is 7.11 Å². The van der Waals surface area contributed by atoms with Crippen LogP contribution in [0.2, 0.25) is 0 Å². The highest BCUT2D eigenvalue weighted by Crippen LogP contribution is 2.30. The van der Waals surface area contributed by atoms with Gasteiger partial charge in [0.2, 0.25) is 11.8 Å². The number of nitrogens with one attached hydrogen (secondary N) is 3. The summed E-state index contributed by atoms with van der Waals surface area (Å²) in [5.41, 5.74) is 1.04. The second-order valence-electron chi connectivity index (χ2n) is 10.1. The van der Waals surface area contributed by atoms with E-state index in [4.69, 9.17) is 9.47 Å². The Morgan fingerprint density at radius 1 is 1.05 bits per heavy atom. The first kappa shape index (κ1) is 33.3. The molecule has 4 bridgehead atoms. The van der Waals surface area contributed by atoms with E-state index in [2.05, 4.69) is 34.7 Å². The molecule has 1 aromatic rings. The summed E-state index contributed by atoms with van der Waals surface area (Å²) in [4.78, 5) is 27.5. The van der Waals surface area contributed by atoms with Crippen molar-refractivity contribution in [2.24, 2.45) is 5.92 Å². The van der Waals surface area contributed by atoms with Gasteiger partial charge in [0.05, 0.1) is 13.2 Å². The van der Waals surface area contributed by atoms with Gasteiger partial charge in [-0.1, -0.05) is 19.9 Å². The number of halogens is 2. The van der Waals surface area contributed by atoms with Gasteiger partial charge in [0.15, 0.2) is 11.5 Å². The number of hydrogen-bond donors (Lipinski definition) is 3. The van der Waals surface area contributed by atoms with Gasteiger partial charge in [-0.2, -0.15) is 0 Å². The van der Waals surface area contributed by atoms with Gasteiger partial charge in [-0.15, -0.1) is 24.8 Å². The molecule has 1 fully saturated rings. The molecule has 37 heavy (non-hydrogen) atoms. The second-order valence-corrected chi connectivity index (χ2v) is 10.1. The lowest BCUT2D eigenvalue weighted by molar-refractivity contribution is -0.123. The van der Waals surface area contributed by atoms with Crippen molar-refractivity contribution in [3.63, 3.8) is 0 Å². The van der Waals surface area contributed by atoms with E-state index in [1.807, 2.05) is 18.2 Å². The van der Waals surface area contributed by atoms with Crippen molar-refractivity contribution in [1.82, 2.24) is 20.9 Å². The summed E-state index contributed by atoms with van der Waals surface area (Å²) in [5, 5.41) is 9.45. The number of carbonyl (C=O) groups is 2. The molecule has 10 heteroatoms. The zero-order valence-electron chi connectivity index (χ0n) is 22.6. The second kappa shape index (κ2) is 17.7. The maximum atomic E-state index is 12.6. The number of ether oxygens (including phenoxy) is 2. The Morgan fingerprint density at radius 3 is 2.57 bits per heavy atom. The smallest absolute Gasteiger partial charge is 0.237 e. The average Bonchev–Trinajstić information content (AvgIpc) is 3.31. The third-order valence-corrected chi connectivity index (χ3v) is 6.77. The molecule has 0 unspecified atom stereocenters. The molecule has 3 heterocycles. The fourth-order valence-electron chi connectivity index (χ4n) is 4.59. The molecule has 3 aliphatic heterocycles. The van der Waals surface area contributed by atoms with Crippen molar-refractivity contribution in [1.29, 1.82) is 0 Å². The number of carbonyl (C=O) groups excluding carboxylic acids is 2. The van der Waals surface area contributed by atoms with Crippen LogP contribution in [-0.4, -0.2) is 75.2 Å². The first-order valence-corrected chi connectivity index (χ1v) is 13.3. The number of methoxy groups -OCH3 is 1. The van der Waals surface area contributed by atoms with Crippen LogP contribution < -0.4 is 25.4 Å². The van der Waals surface area contributed by atoms with E-state index in [1.165, 1.54) is 6.42 Å². The van der Waals surface area contributed by atoms with E-state index in [0.29, 0.717) is 56.3 Å². The molecule has 0 saturated carbocycles. The largest absolute Gasteiger partial charge is 0.493 e. The molecule has 1 saturated heterocycles. The molecule has 4 rings (SSSR count). The molecular weight excluding hydrogens is 515 g/mol. The minimum atomic E-state index is -0.232. The van der Waals surface area contributed by atoms with Crippen molar-refractivity contribution < 1.29 is 19.1 Å². The van der Waals surface area contributed by atoms with Gasteiger partial charge in [0.1, 0.15) is 6.10 Å². The van der Waals surface area contributed by atoms with E-state index < -0.39 is 0 Å². The van der Waals surface area contributed by atoms with Gasteiger partial charge >= 0.3 is 0 Å². The highest BCUT2D eigenvalue weighted by atomic mass is 35.5. The predicted molar refractivity (Wildman–Crippen MR) is 152 cm³/mol. The quantitative estimate of drug-likeness (QED) is 0.523. The molecule has 0 radical (unpaired) electrons. The molecule has 2 amide bonds. The van der Waals surface area contributed by atoms with E-state index >= 15 is 0 Å². The maximum absolute atomic E-state index is 12.6. The van der Waals surface area contributed by atoms with E-state index in [-0.39, 0.29) is 48.8 Å². The number of hydrogen-bond acceptors (Lipinski definition) is 6. The molecule has 0 aromatic heterocycles. The summed E-state index contributed by atoms with van der Waals surface area (Å²) in [6.45, 7) is 9.57. The minimum absolute atomic E-state index is 0. The zero-order valence-corrected chi connectivity index (χ0v) is 24.2. The summed E-state index contributed by atoms with van der Waals surface area (Å²) < 4.78 is 11.7. The van der Waals surface area contributed by atoms with Crippen molar-refractivity contribution in [3.05, 3.63) is 23.8 Å². The van der Waals surface area contributed by atoms with Crippen LogP contribution in [0.4, 0.5) is 0 Å². The first-order chi connectivity index (χ1) is 16.9. The lowest BCUT2D eigenvalue weighted by Gasteiger charge is -2.23. The van der Waals surface area contributed by atoms with E-state index in [0.717, 1.165) is 44.5 Å². The standard InChI is InChI=1S/C27H44N4O4.2ClH/c1-20(2)11-16-31-14-5-4-12-29-27(33)23-18-22(19-30-23)35-24-9-7-21(17-25(24)34-3)8-10-26(32)28-13-6-15-31;;/h7,9,17,20,22-23,30H,4-6,8,10-16,18-19H2,1-3H3,(H,28,32)(H,29,33);2*1H/t22-,23-;;/m0../s1. The summed E-state index contributed by atoms with van der Waals surface area (Å²) in [6, 6.07) is 5.59. The summed E-state index contributed by atoms with van der Waals surface area (Å²) in [5.74, 6) is 2.12. The number of aryl methyl sites for hydroxylation is 1. The summed E-state index contributed by atoms with van der Waals surface area (Å²) in [6.07, 6.45) is 5.74. The molecule has 3 aliphatic rings. The van der Waals surface area contributed by atoms with Crippen LogP contribution in [0.5, 0.6) is 11.5 Å². The highest BCUT2D eigenvalue weighted by Gasteiger charge is 2.31. The van der Waals surface area contributed by atoms with Crippen LogP contribution in [0.1, 0.15) is 57.9 Å². The van der Waals surface area contributed by atoms with Crippen LogP contribution >= 0.6 is 24.8 Å². The Kier molecular flexibility index (Phi) is 15.9. The molecule has 0 spiro atoms. The number of fused-ring (bicyclic) bond motifs is 15. The highest BCUT2D eigenvalue weighted by molar-refractivity contribution is 5.85. The lowest BCUT2D eigenvalue weighted by Crippen LogP contribution is -2.40. The fourth-order valence-corrected chi connectivity index (χ4v) is 4.59. The van der Waals surface area contributed by atoms with Crippen LogP contribution in [0.3, 0.4) is 0 Å². The Labute approximate surface area is 234 Å². The number of amides is 2. The molecule has 1 aromatic carbocycles. The third-order valence-electron chi connectivity index (χ3n) is 6.77. The summed E-state index contributed by atoms with van der Waals surface area (Å²) >= 11 is 0. The molecule has 3 N–H and O–H groups in total. The van der Waals surface area contributed by atoms with Crippen molar-refractivity contribution in [2.45, 2.75) is 70.9 Å². The topological polar surface area (TPSA) is 91.9 Å². The van der Waals surface area contributed by atoms with Crippen LogP contribution in [0.15, 0.2) is 18.2 Å². The molecule has 212 valence electrons. The van der Waals surface area contributed by atoms with Gasteiger partial charge in [-0.3, -0.25) is 9.59 Å². The van der Waals surface area contributed by atoms with Crippen LogP contribution in [-0.2, 0) is 16.0 Å². The van der Waals surface area contributed by atoms with Gasteiger partial charge in [-0.25, -0.2) is 0 Å². The molecule has 0 aliphatic carbocycles. The minimum Gasteiger partial charge on any atom is -0.493 e. The number of nitrogens with zero attached hydrogens (tertiary/aromatic N) is 1. The molecule has 8 nitrogen and oxygen atoms in total. The first-order valence-electron chi connectivity index (χ1n) is 13.3. The molecule has 2 atom stereocenters. The van der Waals surface area contributed by atoms with Gasteiger partial charge in [0, 0.05) is 32.5 Å². The SMILES string of the molecule is COc1cc2ccc1O[C@@H]1CN[C@@H](C1)C(=O)NCCCCN(CCC(C)C)CCCNC(=O)CC2.Cl.Cl. The Hall–Kier alpha value is -1.74. The zero-order chi connectivity index (χ0) is 25.0. The van der Waals surface area contributed by atoms with Gasteiger partial charge < -0.3 is 30.3 Å². The van der Waals surface area contributed by atoms with Gasteiger partial charge in [-0.05, 0) is 75.4 Å². The fraction of sp³-hybridized carbons (Fsp3) is 0.704. The molecular formula is C27H46Cl2N4O4. The van der Waals surface area contributed by atoms with Gasteiger partial charge in [0.25, 0.3) is 0 Å².